The van der Waals surface area contributed by atoms with Crippen LogP contribution < -0.4 is 9.47 Å². The van der Waals surface area contributed by atoms with Gasteiger partial charge >= 0.3 is 0 Å². The summed E-state index contributed by atoms with van der Waals surface area (Å²) >= 11 is 0. The van der Waals surface area contributed by atoms with Crippen molar-refractivity contribution in [1.29, 1.82) is 0 Å². The molecule has 0 spiro atoms. The van der Waals surface area contributed by atoms with Crippen LogP contribution in [-0.4, -0.2) is 13.2 Å². The van der Waals surface area contributed by atoms with Crippen molar-refractivity contribution in [3.63, 3.8) is 0 Å². The fourth-order valence-corrected chi connectivity index (χ4v) is 2.21. The van der Waals surface area contributed by atoms with Gasteiger partial charge in [0.25, 0.3) is 0 Å². The van der Waals surface area contributed by atoms with Crippen molar-refractivity contribution in [2.24, 2.45) is 0 Å². The summed E-state index contributed by atoms with van der Waals surface area (Å²) in [6, 6.07) is 4.34. The molecule has 0 fully saturated rings. The molecule has 2 nitrogen and oxygen atoms in total. The zero-order chi connectivity index (χ0) is 9.38. The fraction of sp³-hybridized carbons (Fsp3) is 0.500. The van der Waals surface area contributed by atoms with Crippen LogP contribution >= 0.6 is 0 Å². The Morgan fingerprint density at radius 2 is 1.36 bits per heavy atom. The number of fused-ring (bicyclic) bond motifs is 2. The Labute approximate surface area is 83.8 Å². The second-order valence-electron chi connectivity index (χ2n) is 3.97. The van der Waals surface area contributed by atoms with Gasteiger partial charge in [-0.25, -0.2) is 0 Å². The second kappa shape index (κ2) is 3.19. The van der Waals surface area contributed by atoms with Gasteiger partial charge in [0.1, 0.15) is 11.5 Å². The van der Waals surface area contributed by atoms with Crippen LogP contribution in [0.25, 0.3) is 0 Å². The van der Waals surface area contributed by atoms with Gasteiger partial charge in [-0.05, 0) is 42.9 Å². The minimum atomic E-state index is 0.853. The van der Waals surface area contributed by atoms with Crippen molar-refractivity contribution in [3.05, 3.63) is 23.3 Å². The average molecular weight is 190 g/mol. The number of rotatable bonds is 0. The molecule has 0 aliphatic carbocycles. The van der Waals surface area contributed by atoms with E-state index in [2.05, 4.69) is 12.1 Å². The molecule has 0 N–H and O–H groups in total. The van der Waals surface area contributed by atoms with E-state index in [1.165, 1.54) is 11.1 Å². The van der Waals surface area contributed by atoms with Crippen LogP contribution in [0.4, 0.5) is 0 Å². The molecule has 2 aliphatic heterocycles. The lowest BCUT2D eigenvalue weighted by atomic mass is 9.99. The third kappa shape index (κ3) is 1.26. The molecule has 0 aromatic heterocycles. The van der Waals surface area contributed by atoms with Crippen molar-refractivity contribution in [2.75, 3.05) is 13.2 Å². The maximum absolute atomic E-state index is 5.61. The maximum atomic E-state index is 5.61. The molecule has 0 saturated heterocycles. The summed E-state index contributed by atoms with van der Waals surface area (Å²) in [7, 11) is 0. The Hall–Kier alpha value is -1.18. The second-order valence-corrected chi connectivity index (χ2v) is 3.97. The summed E-state index contributed by atoms with van der Waals surface area (Å²) in [5, 5.41) is 0. The van der Waals surface area contributed by atoms with Crippen molar-refractivity contribution in [2.45, 2.75) is 25.7 Å². The lowest BCUT2D eigenvalue weighted by Crippen LogP contribution is -2.13. The molecule has 3 rings (SSSR count). The van der Waals surface area contributed by atoms with Gasteiger partial charge in [-0.3, -0.25) is 0 Å². The molecule has 14 heavy (non-hydrogen) atoms. The summed E-state index contributed by atoms with van der Waals surface area (Å²) in [6.45, 7) is 1.71. The standard InChI is InChI=1S/C12H14O2/c1-3-9-7-10-4-2-6-14-12(10)8-11(9)13-5-1/h7-8H,1-6H2. The highest BCUT2D eigenvalue weighted by molar-refractivity contribution is 5.48. The van der Waals surface area contributed by atoms with Gasteiger partial charge in [-0.15, -0.1) is 0 Å². The Morgan fingerprint density at radius 3 is 1.93 bits per heavy atom. The number of hydrogen-bond donors (Lipinski definition) is 0. The molecule has 2 aliphatic rings. The molecule has 2 heterocycles. The van der Waals surface area contributed by atoms with Gasteiger partial charge in [0, 0.05) is 6.07 Å². The molecule has 0 unspecified atom stereocenters. The molecule has 1 aromatic carbocycles. The van der Waals surface area contributed by atoms with Gasteiger partial charge in [-0.2, -0.15) is 0 Å². The number of ether oxygens (including phenoxy) is 2. The third-order valence-corrected chi connectivity index (χ3v) is 2.94. The lowest BCUT2D eigenvalue weighted by molar-refractivity contribution is 0.270. The van der Waals surface area contributed by atoms with Gasteiger partial charge in [0.15, 0.2) is 0 Å². The lowest BCUT2D eigenvalue weighted by Gasteiger charge is -2.23. The van der Waals surface area contributed by atoms with E-state index in [1.54, 1.807) is 0 Å². The molecule has 1 aromatic rings. The largest absolute Gasteiger partial charge is 0.493 e. The molecular formula is C12H14O2. The average Bonchev–Trinajstić information content (AvgIpc) is 2.26. The molecular weight excluding hydrogens is 176 g/mol. The Balaban J connectivity index is 2.06. The quantitative estimate of drug-likeness (QED) is 0.625. The van der Waals surface area contributed by atoms with Crippen LogP contribution in [0.3, 0.4) is 0 Å². The SMILES string of the molecule is c1c2c(cc3c1CCCO3)OCCC2. The third-order valence-electron chi connectivity index (χ3n) is 2.94. The van der Waals surface area contributed by atoms with E-state index in [1.807, 2.05) is 0 Å². The van der Waals surface area contributed by atoms with Crippen molar-refractivity contribution >= 4 is 0 Å². The fourth-order valence-electron chi connectivity index (χ4n) is 2.21. The molecule has 0 saturated carbocycles. The van der Waals surface area contributed by atoms with Crippen LogP contribution in [0.1, 0.15) is 24.0 Å². The summed E-state index contributed by atoms with van der Waals surface area (Å²) in [5.74, 6) is 2.08. The highest BCUT2D eigenvalue weighted by Gasteiger charge is 2.17. The van der Waals surface area contributed by atoms with Gasteiger partial charge in [-0.1, -0.05) is 0 Å². The predicted molar refractivity (Wildman–Crippen MR) is 54.1 cm³/mol. The normalized spacial score (nSPS) is 18.9. The highest BCUT2D eigenvalue weighted by Crippen LogP contribution is 2.34. The molecule has 2 heteroatoms. The maximum Gasteiger partial charge on any atom is 0.126 e. The van der Waals surface area contributed by atoms with Gasteiger partial charge < -0.3 is 9.47 Å². The zero-order valence-corrected chi connectivity index (χ0v) is 8.21. The topological polar surface area (TPSA) is 18.5 Å². The van der Waals surface area contributed by atoms with Gasteiger partial charge in [0.05, 0.1) is 13.2 Å². The van der Waals surface area contributed by atoms with E-state index < -0.39 is 0 Å². The highest BCUT2D eigenvalue weighted by atomic mass is 16.5. The minimum Gasteiger partial charge on any atom is -0.493 e. The molecule has 0 atom stereocenters. The minimum absolute atomic E-state index is 0.853. The van der Waals surface area contributed by atoms with Crippen molar-refractivity contribution in [3.8, 4) is 11.5 Å². The Kier molecular flexibility index (Phi) is 1.86. The van der Waals surface area contributed by atoms with E-state index in [9.17, 15) is 0 Å². The van der Waals surface area contributed by atoms with Crippen LogP contribution in [0.5, 0.6) is 11.5 Å². The summed E-state index contributed by atoms with van der Waals surface area (Å²) in [4.78, 5) is 0. The number of aryl methyl sites for hydroxylation is 2. The van der Waals surface area contributed by atoms with Gasteiger partial charge in [0.2, 0.25) is 0 Å². The van der Waals surface area contributed by atoms with Crippen LogP contribution in [0.2, 0.25) is 0 Å². The number of hydrogen-bond acceptors (Lipinski definition) is 2. The van der Waals surface area contributed by atoms with Crippen LogP contribution in [0.15, 0.2) is 12.1 Å². The van der Waals surface area contributed by atoms with E-state index in [-0.39, 0.29) is 0 Å². The van der Waals surface area contributed by atoms with Crippen molar-refractivity contribution < 1.29 is 9.47 Å². The van der Waals surface area contributed by atoms with Crippen LogP contribution in [-0.2, 0) is 12.8 Å². The first kappa shape index (κ1) is 8.16. The zero-order valence-electron chi connectivity index (χ0n) is 8.21. The smallest absolute Gasteiger partial charge is 0.126 e. The van der Waals surface area contributed by atoms with Crippen molar-refractivity contribution in [1.82, 2.24) is 0 Å². The first-order chi connectivity index (χ1) is 6.93. The molecule has 0 amide bonds. The monoisotopic (exact) mass is 190 g/mol. The van der Waals surface area contributed by atoms with E-state index >= 15 is 0 Å². The summed E-state index contributed by atoms with van der Waals surface area (Å²) in [6.07, 6.45) is 4.60. The Morgan fingerprint density at radius 1 is 0.786 bits per heavy atom. The van der Waals surface area contributed by atoms with E-state index in [4.69, 9.17) is 9.47 Å². The van der Waals surface area contributed by atoms with E-state index in [0.29, 0.717) is 0 Å². The molecule has 0 bridgehead atoms. The first-order valence-corrected chi connectivity index (χ1v) is 5.35. The Bertz CT molecular complexity index is 291. The summed E-state index contributed by atoms with van der Waals surface area (Å²) < 4.78 is 11.2. The van der Waals surface area contributed by atoms with Crippen LogP contribution in [0, 0.1) is 0 Å². The predicted octanol–water partition coefficient (Wildman–Crippen LogP) is 2.34. The first-order valence-electron chi connectivity index (χ1n) is 5.35. The molecule has 74 valence electrons. The van der Waals surface area contributed by atoms with E-state index in [0.717, 1.165) is 50.4 Å². The molecule has 0 radical (unpaired) electrons. The number of benzene rings is 1. The summed E-state index contributed by atoms with van der Waals surface area (Å²) in [5.41, 5.74) is 2.72.